The first-order valence-electron chi connectivity index (χ1n) is 6.75. The molecular weight excluding hydrogens is 244 g/mol. The van der Waals surface area contributed by atoms with E-state index in [9.17, 15) is 0 Å². The second kappa shape index (κ2) is 6.12. The fourth-order valence-electron chi connectivity index (χ4n) is 2.77. The zero-order valence-electron chi connectivity index (χ0n) is 11.3. The molecule has 101 valence electrons. The highest BCUT2D eigenvalue weighted by molar-refractivity contribution is 6.59. The quantitative estimate of drug-likeness (QED) is 0.469. The number of rotatable bonds is 5. The van der Waals surface area contributed by atoms with Crippen molar-refractivity contribution < 1.29 is 9.47 Å². The summed E-state index contributed by atoms with van der Waals surface area (Å²) in [5.74, 6) is 5.53. The smallest absolute Gasteiger partial charge is 0.193 e. The third kappa shape index (κ3) is 2.60. The van der Waals surface area contributed by atoms with Crippen LogP contribution in [0.2, 0.25) is 11.6 Å². The van der Waals surface area contributed by atoms with Gasteiger partial charge in [-0.2, -0.15) is 0 Å². The average molecular weight is 267 g/mol. The first-order chi connectivity index (χ1) is 8.73. The van der Waals surface area contributed by atoms with Crippen molar-refractivity contribution >= 4 is 8.96 Å². The Bertz CT molecular complexity index is 327. The van der Waals surface area contributed by atoms with Crippen LogP contribution in [0.5, 0.6) is 0 Å². The summed E-state index contributed by atoms with van der Waals surface area (Å²) in [4.78, 5) is 0. The lowest BCUT2D eigenvalue weighted by Gasteiger charge is -2.41. The minimum absolute atomic E-state index is 0.264. The van der Waals surface area contributed by atoms with Crippen molar-refractivity contribution in [2.45, 2.75) is 37.6 Å². The van der Waals surface area contributed by atoms with Crippen LogP contribution in [0.25, 0.3) is 0 Å². The molecule has 0 bridgehead atoms. The summed E-state index contributed by atoms with van der Waals surface area (Å²) in [7, 11) is -0.817. The van der Waals surface area contributed by atoms with Gasteiger partial charge in [-0.15, -0.1) is 0 Å². The lowest BCUT2D eigenvalue weighted by Crippen LogP contribution is -2.52. The highest BCUT2D eigenvalue weighted by Crippen LogP contribution is 2.40. The molecule has 0 aromatic rings. The molecular formula is C13H23N2O2Si. The summed E-state index contributed by atoms with van der Waals surface area (Å²) in [6.07, 6.45) is 9.55. The van der Waals surface area contributed by atoms with Gasteiger partial charge in [0.2, 0.25) is 0 Å². The van der Waals surface area contributed by atoms with Crippen LogP contribution >= 0.6 is 0 Å². The standard InChI is InChI=1S/C13H23N2O2Si/c1-3-16-13(17-4-2)9-6-5-8-12(13)18-11-7-10-15(18)14/h5-6,8-9,12H,3-4,7,10-11,14H2,1-2H3. The molecule has 2 N–H and O–H groups in total. The van der Waals surface area contributed by atoms with Crippen molar-refractivity contribution in [1.82, 2.24) is 4.67 Å². The van der Waals surface area contributed by atoms with Crippen molar-refractivity contribution in [3.63, 3.8) is 0 Å². The van der Waals surface area contributed by atoms with E-state index in [1.165, 1.54) is 12.5 Å². The number of hydrogen-bond acceptors (Lipinski definition) is 4. The Labute approximate surface area is 111 Å². The predicted octanol–water partition coefficient (Wildman–Crippen LogP) is 1.82. The van der Waals surface area contributed by atoms with Gasteiger partial charge < -0.3 is 9.47 Å². The van der Waals surface area contributed by atoms with Gasteiger partial charge in [0.15, 0.2) is 14.7 Å². The van der Waals surface area contributed by atoms with Gasteiger partial charge in [-0.1, -0.05) is 18.2 Å². The molecule has 0 aromatic carbocycles. The summed E-state index contributed by atoms with van der Waals surface area (Å²) in [6.45, 7) is 6.31. The summed E-state index contributed by atoms with van der Waals surface area (Å²) >= 11 is 0. The van der Waals surface area contributed by atoms with Gasteiger partial charge in [-0.3, -0.25) is 10.5 Å². The molecule has 1 fully saturated rings. The molecule has 1 atom stereocenters. The van der Waals surface area contributed by atoms with Crippen LogP contribution < -0.4 is 5.84 Å². The van der Waals surface area contributed by atoms with Crippen LogP contribution in [-0.2, 0) is 9.47 Å². The van der Waals surface area contributed by atoms with Gasteiger partial charge in [-0.05, 0) is 32.4 Å². The van der Waals surface area contributed by atoms with Crippen molar-refractivity contribution in [2.75, 3.05) is 19.8 Å². The molecule has 1 unspecified atom stereocenters. The van der Waals surface area contributed by atoms with Crippen LogP contribution in [-0.4, -0.2) is 39.2 Å². The summed E-state index contributed by atoms with van der Waals surface area (Å²) < 4.78 is 14.0. The predicted molar refractivity (Wildman–Crippen MR) is 74.1 cm³/mol. The van der Waals surface area contributed by atoms with Crippen LogP contribution in [0.4, 0.5) is 0 Å². The van der Waals surface area contributed by atoms with Crippen LogP contribution in [0.3, 0.4) is 0 Å². The van der Waals surface area contributed by atoms with Crippen LogP contribution in [0, 0.1) is 0 Å². The summed E-state index contributed by atoms with van der Waals surface area (Å²) in [6, 6.07) is 1.20. The molecule has 1 radical (unpaired) electrons. The SMILES string of the molecule is CCOC1(OCC)C=CC=CC1[Si]1CCCN1N. The van der Waals surface area contributed by atoms with E-state index in [2.05, 4.69) is 18.2 Å². The van der Waals surface area contributed by atoms with Crippen molar-refractivity contribution in [3.05, 3.63) is 24.3 Å². The zero-order chi connectivity index (χ0) is 13.0. The number of allylic oxidation sites excluding steroid dienone is 2. The largest absolute Gasteiger partial charge is 0.346 e. The Balaban J connectivity index is 2.23. The van der Waals surface area contributed by atoms with Crippen molar-refractivity contribution in [1.29, 1.82) is 0 Å². The molecule has 1 saturated heterocycles. The maximum Gasteiger partial charge on any atom is 0.193 e. The Hall–Kier alpha value is -0.463. The zero-order valence-corrected chi connectivity index (χ0v) is 12.3. The Morgan fingerprint density at radius 3 is 2.61 bits per heavy atom. The molecule has 0 saturated carbocycles. The molecule has 2 aliphatic rings. The van der Waals surface area contributed by atoms with E-state index in [1.54, 1.807) is 0 Å². The van der Waals surface area contributed by atoms with Crippen LogP contribution in [0.1, 0.15) is 20.3 Å². The van der Waals surface area contributed by atoms with Crippen molar-refractivity contribution in [3.8, 4) is 0 Å². The fraction of sp³-hybridized carbons (Fsp3) is 0.692. The van der Waals surface area contributed by atoms with E-state index in [0.29, 0.717) is 13.2 Å². The third-order valence-corrected chi connectivity index (χ3v) is 6.62. The van der Waals surface area contributed by atoms with Gasteiger partial charge in [0.25, 0.3) is 0 Å². The normalized spacial score (nSPS) is 28.1. The maximum atomic E-state index is 6.13. The van der Waals surface area contributed by atoms with E-state index >= 15 is 0 Å². The monoisotopic (exact) mass is 267 g/mol. The third-order valence-electron chi connectivity index (χ3n) is 3.48. The van der Waals surface area contributed by atoms with E-state index < -0.39 is 14.7 Å². The Morgan fingerprint density at radius 2 is 2.06 bits per heavy atom. The molecule has 4 nitrogen and oxygen atoms in total. The highest BCUT2D eigenvalue weighted by Gasteiger charge is 2.46. The van der Waals surface area contributed by atoms with Gasteiger partial charge in [0.05, 0.1) is 0 Å². The number of nitrogens with two attached hydrogens (primary N) is 1. The average Bonchev–Trinajstić information content (AvgIpc) is 2.77. The molecule has 0 amide bonds. The van der Waals surface area contributed by atoms with Gasteiger partial charge in [0.1, 0.15) is 0 Å². The Kier molecular flexibility index (Phi) is 4.75. The molecule has 1 aliphatic heterocycles. The first kappa shape index (κ1) is 14.0. The van der Waals surface area contributed by atoms with E-state index in [4.69, 9.17) is 15.3 Å². The second-order valence-corrected chi connectivity index (χ2v) is 7.28. The first-order valence-corrected chi connectivity index (χ1v) is 8.48. The topological polar surface area (TPSA) is 47.7 Å². The number of hydrazine groups is 1. The highest BCUT2D eigenvalue weighted by atomic mass is 28.3. The van der Waals surface area contributed by atoms with E-state index in [0.717, 1.165) is 6.54 Å². The maximum absolute atomic E-state index is 6.13. The van der Waals surface area contributed by atoms with Gasteiger partial charge >= 0.3 is 0 Å². The Morgan fingerprint density at radius 1 is 1.33 bits per heavy atom. The molecule has 2 rings (SSSR count). The van der Waals surface area contributed by atoms with Crippen LogP contribution in [0.15, 0.2) is 24.3 Å². The number of hydrogen-bond donors (Lipinski definition) is 1. The van der Waals surface area contributed by atoms with Crippen molar-refractivity contribution in [2.24, 2.45) is 5.84 Å². The number of ether oxygens (including phenoxy) is 2. The van der Waals surface area contributed by atoms with E-state index in [-0.39, 0.29) is 5.54 Å². The molecule has 5 heteroatoms. The lowest BCUT2D eigenvalue weighted by molar-refractivity contribution is -0.198. The molecule has 1 aliphatic carbocycles. The summed E-state index contributed by atoms with van der Waals surface area (Å²) in [5.41, 5.74) is 0.264. The fourth-order valence-corrected chi connectivity index (χ4v) is 5.75. The van der Waals surface area contributed by atoms with Gasteiger partial charge in [-0.25, -0.2) is 0 Å². The minimum Gasteiger partial charge on any atom is -0.346 e. The second-order valence-electron chi connectivity index (χ2n) is 4.60. The molecule has 1 heterocycles. The van der Waals surface area contributed by atoms with E-state index in [1.807, 2.05) is 24.6 Å². The molecule has 0 aromatic heterocycles. The number of nitrogens with zero attached hydrogens (tertiary/aromatic N) is 1. The summed E-state index contributed by atoms with van der Waals surface area (Å²) in [5, 5.41) is 0. The molecule has 0 spiro atoms. The lowest BCUT2D eigenvalue weighted by atomic mass is 10.1. The molecule has 18 heavy (non-hydrogen) atoms. The minimum atomic E-state index is -0.817. The van der Waals surface area contributed by atoms with Gasteiger partial charge in [0, 0.05) is 25.3 Å².